The van der Waals surface area contributed by atoms with Crippen molar-refractivity contribution in [2.24, 2.45) is 0 Å². The zero-order chi connectivity index (χ0) is 15.3. The maximum absolute atomic E-state index is 12.5. The van der Waals surface area contributed by atoms with Crippen LogP contribution in [0.2, 0.25) is 0 Å². The van der Waals surface area contributed by atoms with Crippen LogP contribution in [0.15, 0.2) is 0 Å². The number of nitrogens with one attached hydrogen (secondary N) is 1. The molecule has 0 aromatic heterocycles. The maximum Gasteiger partial charge on any atom is 0.282 e. The van der Waals surface area contributed by atoms with Gasteiger partial charge in [0, 0.05) is 46.3 Å². The summed E-state index contributed by atoms with van der Waals surface area (Å²) >= 11 is 0. The van der Waals surface area contributed by atoms with E-state index in [2.05, 4.69) is 5.32 Å². The number of hydrogen-bond acceptors (Lipinski definition) is 4. The largest absolute Gasteiger partial charge is 0.339 e. The number of carbonyl (C=O) groups is 1. The van der Waals surface area contributed by atoms with Crippen molar-refractivity contribution in [3.05, 3.63) is 0 Å². The van der Waals surface area contributed by atoms with E-state index in [4.69, 9.17) is 0 Å². The molecule has 0 radical (unpaired) electrons. The molecule has 0 aromatic carbocycles. The van der Waals surface area contributed by atoms with Crippen molar-refractivity contribution >= 4 is 16.1 Å². The molecular formula is C13H26N4O3S. The van der Waals surface area contributed by atoms with Crippen molar-refractivity contribution in [1.82, 2.24) is 18.8 Å². The monoisotopic (exact) mass is 318 g/mol. The van der Waals surface area contributed by atoms with Gasteiger partial charge in [0.15, 0.2) is 0 Å². The first kappa shape index (κ1) is 16.7. The van der Waals surface area contributed by atoms with Crippen molar-refractivity contribution in [1.29, 1.82) is 0 Å². The first-order valence-electron chi connectivity index (χ1n) is 7.72. The Kier molecular flexibility index (Phi) is 5.98. The molecule has 0 bridgehead atoms. The first-order chi connectivity index (χ1) is 10.0. The SMILES string of the molecule is CN(CC(=O)N1CCNCC1)S(=O)(=O)N1CCCCCC1. The maximum atomic E-state index is 12.5. The Morgan fingerprint density at radius 3 is 2.19 bits per heavy atom. The summed E-state index contributed by atoms with van der Waals surface area (Å²) in [4.78, 5) is 13.9. The third kappa shape index (κ3) is 4.38. The van der Waals surface area contributed by atoms with Gasteiger partial charge in [-0.2, -0.15) is 17.0 Å². The van der Waals surface area contributed by atoms with Gasteiger partial charge in [-0.15, -0.1) is 0 Å². The highest BCUT2D eigenvalue weighted by Gasteiger charge is 2.30. The smallest absolute Gasteiger partial charge is 0.282 e. The van der Waals surface area contributed by atoms with Crippen LogP contribution in [-0.2, 0) is 15.0 Å². The molecule has 0 atom stereocenters. The summed E-state index contributed by atoms with van der Waals surface area (Å²) in [6, 6.07) is 0. The molecule has 2 fully saturated rings. The lowest BCUT2D eigenvalue weighted by Gasteiger charge is -2.30. The molecule has 0 aromatic rings. The molecule has 1 amide bonds. The van der Waals surface area contributed by atoms with Crippen molar-refractivity contribution in [2.45, 2.75) is 25.7 Å². The van der Waals surface area contributed by atoms with E-state index in [1.807, 2.05) is 0 Å². The summed E-state index contributed by atoms with van der Waals surface area (Å²) in [7, 11) is -2.02. The number of amides is 1. The molecule has 2 aliphatic heterocycles. The number of hydrogen-bond donors (Lipinski definition) is 1. The Balaban J connectivity index is 1.93. The van der Waals surface area contributed by atoms with Gasteiger partial charge in [0.05, 0.1) is 6.54 Å². The molecule has 2 aliphatic rings. The Morgan fingerprint density at radius 1 is 1.05 bits per heavy atom. The van der Waals surface area contributed by atoms with E-state index >= 15 is 0 Å². The predicted molar refractivity (Wildman–Crippen MR) is 81.0 cm³/mol. The van der Waals surface area contributed by atoms with Crippen LogP contribution in [0.1, 0.15) is 25.7 Å². The lowest BCUT2D eigenvalue weighted by atomic mass is 10.2. The average molecular weight is 318 g/mol. The van der Waals surface area contributed by atoms with Crippen LogP contribution in [-0.4, -0.2) is 80.7 Å². The fourth-order valence-electron chi connectivity index (χ4n) is 2.76. The van der Waals surface area contributed by atoms with Gasteiger partial charge in [0.25, 0.3) is 10.2 Å². The van der Waals surface area contributed by atoms with Gasteiger partial charge in [-0.3, -0.25) is 4.79 Å². The fourth-order valence-corrected chi connectivity index (χ4v) is 4.14. The molecule has 2 rings (SSSR count). The van der Waals surface area contributed by atoms with Crippen LogP contribution in [0.4, 0.5) is 0 Å². The Labute approximate surface area is 127 Å². The molecule has 122 valence electrons. The number of rotatable bonds is 4. The lowest BCUT2D eigenvalue weighted by molar-refractivity contribution is -0.131. The quantitative estimate of drug-likeness (QED) is 0.756. The van der Waals surface area contributed by atoms with E-state index in [0.29, 0.717) is 26.2 Å². The summed E-state index contributed by atoms with van der Waals surface area (Å²) < 4.78 is 27.8. The highest BCUT2D eigenvalue weighted by molar-refractivity contribution is 7.86. The molecule has 1 N–H and O–H groups in total. The number of piperazine rings is 1. The third-order valence-corrected chi connectivity index (χ3v) is 6.05. The normalized spacial score (nSPS) is 22.3. The number of likely N-dealkylation sites (N-methyl/N-ethyl adjacent to an activating group) is 1. The molecular weight excluding hydrogens is 292 g/mol. The second-order valence-electron chi connectivity index (χ2n) is 5.71. The Hall–Kier alpha value is -0.700. The molecule has 8 heteroatoms. The zero-order valence-electron chi connectivity index (χ0n) is 12.8. The molecule has 21 heavy (non-hydrogen) atoms. The fraction of sp³-hybridized carbons (Fsp3) is 0.923. The first-order valence-corrected chi connectivity index (χ1v) is 9.11. The summed E-state index contributed by atoms with van der Waals surface area (Å²) in [5.74, 6) is -0.114. The van der Waals surface area contributed by atoms with Crippen molar-refractivity contribution < 1.29 is 13.2 Å². The van der Waals surface area contributed by atoms with E-state index in [1.54, 1.807) is 4.90 Å². The molecule has 0 spiro atoms. The van der Waals surface area contributed by atoms with E-state index in [1.165, 1.54) is 15.7 Å². The molecule has 2 saturated heterocycles. The number of nitrogens with zero attached hydrogens (tertiary/aromatic N) is 3. The van der Waals surface area contributed by atoms with Crippen LogP contribution in [0, 0.1) is 0 Å². The van der Waals surface area contributed by atoms with E-state index in [9.17, 15) is 13.2 Å². The zero-order valence-corrected chi connectivity index (χ0v) is 13.6. The predicted octanol–water partition coefficient (Wildman–Crippen LogP) is -0.529. The minimum atomic E-state index is -3.52. The van der Waals surface area contributed by atoms with E-state index < -0.39 is 10.2 Å². The molecule has 0 aliphatic carbocycles. The highest BCUT2D eigenvalue weighted by Crippen LogP contribution is 2.15. The van der Waals surface area contributed by atoms with E-state index in [-0.39, 0.29) is 12.5 Å². The second-order valence-corrected chi connectivity index (χ2v) is 7.74. The Morgan fingerprint density at radius 2 is 1.62 bits per heavy atom. The van der Waals surface area contributed by atoms with Crippen LogP contribution in [0.25, 0.3) is 0 Å². The van der Waals surface area contributed by atoms with Gasteiger partial charge < -0.3 is 10.2 Å². The average Bonchev–Trinajstić information content (AvgIpc) is 2.77. The standard InChI is InChI=1S/C13H26N4O3S/c1-15(12-13(18)16-10-6-14-7-11-16)21(19,20)17-8-4-2-3-5-9-17/h14H,2-12H2,1H3. The minimum Gasteiger partial charge on any atom is -0.339 e. The summed E-state index contributed by atoms with van der Waals surface area (Å²) in [6.07, 6.45) is 3.96. The van der Waals surface area contributed by atoms with Gasteiger partial charge >= 0.3 is 0 Å². The van der Waals surface area contributed by atoms with Gasteiger partial charge in [-0.25, -0.2) is 0 Å². The van der Waals surface area contributed by atoms with Crippen LogP contribution in [0.3, 0.4) is 0 Å². The molecule has 2 heterocycles. The van der Waals surface area contributed by atoms with Crippen molar-refractivity contribution in [3.8, 4) is 0 Å². The van der Waals surface area contributed by atoms with Gasteiger partial charge in [-0.1, -0.05) is 12.8 Å². The summed E-state index contributed by atoms with van der Waals surface area (Å²) in [5, 5.41) is 3.18. The highest BCUT2D eigenvalue weighted by atomic mass is 32.2. The lowest BCUT2D eigenvalue weighted by Crippen LogP contribution is -2.51. The van der Waals surface area contributed by atoms with Crippen LogP contribution >= 0.6 is 0 Å². The van der Waals surface area contributed by atoms with Crippen molar-refractivity contribution in [2.75, 3.05) is 52.9 Å². The summed E-state index contributed by atoms with van der Waals surface area (Å²) in [6.45, 7) is 3.90. The Bertz CT molecular complexity index is 440. The third-order valence-electron chi connectivity index (χ3n) is 4.11. The van der Waals surface area contributed by atoms with Gasteiger partial charge in [0.1, 0.15) is 0 Å². The van der Waals surface area contributed by atoms with E-state index in [0.717, 1.165) is 38.8 Å². The molecule has 0 unspecified atom stereocenters. The summed E-state index contributed by atoms with van der Waals surface area (Å²) in [5.41, 5.74) is 0. The van der Waals surface area contributed by atoms with Crippen LogP contribution in [0.5, 0.6) is 0 Å². The van der Waals surface area contributed by atoms with Crippen LogP contribution < -0.4 is 5.32 Å². The number of carbonyl (C=O) groups excluding carboxylic acids is 1. The van der Waals surface area contributed by atoms with Gasteiger partial charge in [-0.05, 0) is 12.8 Å². The minimum absolute atomic E-state index is 0.0706. The molecule has 0 saturated carbocycles. The molecule has 7 nitrogen and oxygen atoms in total. The second kappa shape index (κ2) is 7.53. The topological polar surface area (TPSA) is 73.0 Å². The van der Waals surface area contributed by atoms with Crippen molar-refractivity contribution in [3.63, 3.8) is 0 Å². The van der Waals surface area contributed by atoms with Gasteiger partial charge in [0.2, 0.25) is 5.91 Å².